The SMILES string of the molecule is O=C(c1ccc(C(=O)C(F)(F)F)s1)N1CCN2C=[N+]N(OC(=O)C(F)(F)F)C2C1. The molecule has 0 N–H and O–H groups in total. The second-order valence-corrected chi connectivity index (χ2v) is 6.95. The average molecular weight is 444 g/mol. The summed E-state index contributed by atoms with van der Waals surface area (Å²) in [6.45, 7) is -0.0348. The minimum absolute atomic E-state index is 0.0862. The van der Waals surface area contributed by atoms with E-state index >= 15 is 0 Å². The lowest BCUT2D eigenvalue weighted by Gasteiger charge is -2.33. The van der Waals surface area contributed by atoms with Crippen LogP contribution in [0.15, 0.2) is 12.1 Å². The molecule has 15 heteroatoms. The van der Waals surface area contributed by atoms with Gasteiger partial charge < -0.3 is 4.90 Å². The third kappa shape index (κ3) is 4.28. The molecule has 1 radical (unpaired) electrons. The molecule has 2 aliphatic heterocycles. The Morgan fingerprint density at radius 2 is 1.69 bits per heavy atom. The molecule has 0 saturated carbocycles. The van der Waals surface area contributed by atoms with Crippen molar-refractivity contribution in [3.05, 3.63) is 21.9 Å². The number of hydrogen-bond donors (Lipinski definition) is 0. The van der Waals surface area contributed by atoms with Crippen molar-refractivity contribution >= 4 is 35.3 Å². The molecule has 0 bridgehead atoms. The Kier molecular flexibility index (Phi) is 5.19. The molecule has 1 amide bonds. The number of halogens is 6. The summed E-state index contributed by atoms with van der Waals surface area (Å²) in [5.41, 5.74) is 0. The summed E-state index contributed by atoms with van der Waals surface area (Å²) in [7, 11) is 0. The second-order valence-electron chi connectivity index (χ2n) is 5.87. The smallest absolute Gasteiger partial charge is 0.327 e. The van der Waals surface area contributed by atoms with E-state index in [1.165, 1.54) is 4.90 Å². The summed E-state index contributed by atoms with van der Waals surface area (Å²) < 4.78 is 74.6. The molecule has 1 saturated heterocycles. The van der Waals surface area contributed by atoms with E-state index in [0.717, 1.165) is 23.4 Å². The van der Waals surface area contributed by atoms with Gasteiger partial charge in [0.1, 0.15) is 6.54 Å². The molecule has 1 aromatic rings. The number of nitrogens with zero attached hydrogens (tertiary/aromatic N) is 4. The maximum Gasteiger partial charge on any atom is 0.493 e. The van der Waals surface area contributed by atoms with Crippen molar-refractivity contribution < 1.29 is 45.6 Å². The third-order valence-corrected chi connectivity index (χ3v) is 5.03. The zero-order chi connectivity index (χ0) is 21.6. The predicted molar refractivity (Wildman–Crippen MR) is 83.3 cm³/mol. The standard InChI is InChI=1S/C14H10F6N4O4S/c15-13(16,17)10(25)7-1-2-8(29-7)11(26)22-3-4-23-6-21-24(9(23)5-22)28-12(27)14(18,19)20/h1-2,6,9H,3-5H2/q+1. The van der Waals surface area contributed by atoms with Crippen LogP contribution in [0.25, 0.3) is 0 Å². The van der Waals surface area contributed by atoms with Gasteiger partial charge in [0.15, 0.2) is 0 Å². The predicted octanol–water partition coefficient (Wildman–Crippen LogP) is 1.19. The average Bonchev–Trinajstić information content (AvgIpc) is 3.26. The molecule has 1 fully saturated rings. The second kappa shape index (κ2) is 7.20. The molecular weight excluding hydrogens is 434 g/mol. The number of hydrazone groups is 1. The minimum Gasteiger partial charge on any atom is -0.327 e. The molecule has 1 unspecified atom stereocenters. The van der Waals surface area contributed by atoms with Gasteiger partial charge in [-0.15, -0.1) is 11.3 Å². The number of carbonyl (C=O) groups is 3. The summed E-state index contributed by atoms with van der Waals surface area (Å²) >= 11 is 0.356. The van der Waals surface area contributed by atoms with Crippen LogP contribution < -0.4 is 5.10 Å². The van der Waals surface area contributed by atoms with Gasteiger partial charge in [0.25, 0.3) is 17.9 Å². The van der Waals surface area contributed by atoms with Gasteiger partial charge in [-0.1, -0.05) is 0 Å². The van der Waals surface area contributed by atoms with Crippen LogP contribution in [0.1, 0.15) is 19.3 Å². The number of hydroxylamine groups is 1. The summed E-state index contributed by atoms with van der Waals surface area (Å²) in [6.07, 6.45) is -10.2. The molecule has 157 valence electrons. The Labute approximate surface area is 161 Å². The molecule has 0 aromatic carbocycles. The van der Waals surface area contributed by atoms with Crippen molar-refractivity contribution in [1.82, 2.24) is 20.1 Å². The van der Waals surface area contributed by atoms with Crippen LogP contribution in [0.2, 0.25) is 0 Å². The fraction of sp³-hybridized carbons (Fsp3) is 0.429. The molecule has 1 aromatic heterocycles. The third-order valence-electron chi connectivity index (χ3n) is 3.96. The van der Waals surface area contributed by atoms with Crippen molar-refractivity contribution in [1.29, 1.82) is 0 Å². The Bertz CT molecular complexity index is 867. The van der Waals surface area contributed by atoms with Crippen LogP contribution in [0.3, 0.4) is 0 Å². The van der Waals surface area contributed by atoms with Crippen molar-refractivity contribution in [2.75, 3.05) is 19.6 Å². The first kappa shape index (κ1) is 20.9. The number of piperazine rings is 1. The van der Waals surface area contributed by atoms with E-state index in [-0.39, 0.29) is 24.5 Å². The molecule has 3 heterocycles. The fourth-order valence-corrected chi connectivity index (χ4v) is 3.51. The van der Waals surface area contributed by atoms with E-state index in [1.807, 2.05) is 0 Å². The molecule has 29 heavy (non-hydrogen) atoms. The monoisotopic (exact) mass is 444 g/mol. The first-order valence-electron chi connectivity index (χ1n) is 7.77. The van der Waals surface area contributed by atoms with E-state index in [9.17, 15) is 40.7 Å². The molecule has 8 nitrogen and oxygen atoms in total. The summed E-state index contributed by atoms with van der Waals surface area (Å²) in [4.78, 5) is 40.7. The van der Waals surface area contributed by atoms with Gasteiger partial charge in [-0.05, 0) is 12.1 Å². The number of hydrogen-bond acceptors (Lipinski definition) is 8. The quantitative estimate of drug-likeness (QED) is 0.515. The van der Waals surface area contributed by atoms with Crippen LogP contribution in [0, 0.1) is 0 Å². The number of ketones is 1. The van der Waals surface area contributed by atoms with E-state index < -0.39 is 41.1 Å². The molecule has 1 atom stereocenters. The number of fused-ring (bicyclic) bond motifs is 1. The number of carbonyl (C=O) groups excluding carboxylic acids is 3. The maximum absolute atomic E-state index is 12.5. The van der Waals surface area contributed by atoms with E-state index in [4.69, 9.17) is 0 Å². The van der Waals surface area contributed by atoms with Gasteiger partial charge in [0, 0.05) is 5.17 Å². The zero-order valence-corrected chi connectivity index (χ0v) is 14.8. The van der Waals surface area contributed by atoms with Gasteiger partial charge in [-0.2, -0.15) is 26.3 Å². The summed E-state index contributed by atoms with van der Waals surface area (Å²) in [5.74, 6) is -5.29. The van der Waals surface area contributed by atoms with Crippen molar-refractivity contribution in [3.8, 4) is 0 Å². The van der Waals surface area contributed by atoms with E-state index in [0.29, 0.717) is 16.5 Å². The highest BCUT2D eigenvalue weighted by molar-refractivity contribution is 7.16. The largest absolute Gasteiger partial charge is 0.493 e. The highest BCUT2D eigenvalue weighted by Crippen LogP contribution is 2.28. The van der Waals surface area contributed by atoms with Crippen LogP contribution in [-0.2, 0) is 9.63 Å². The number of alkyl halides is 6. The Morgan fingerprint density at radius 3 is 2.31 bits per heavy atom. The Hall–Kier alpha value is -2.84. The van der Waals surface area contributed by atoms with Gasteiger partial charge >= 0.3 is 24.7 Å². The van der Waals surface area contributed by atoms with Crippen LogP contribution in [0.4, 0.5) is 26.3 Å². The number of rotatable bonds is 3. The maximum atomic E-state index is 12.5. The van der Waals surface area contributed by atoms with Gasteiger partial charge in [-0.3, -0.25) is 14.4 Å². The lowest BCUT2D eigenvalue weighted by Crippen LogP contribution is -2.57. The molecule has 0 aliphatic carbocycles. The molecular formula is C14H10F6N4O4S+. The van der Waals surface area contributed by atoms with Crippen LogP contribution in [-0.4, -0.2) is 77.1 Å². The molecule has 3 rings (SSSR count). The zero-order valence-electron chi connectivity index (χ0n) is 14.0. The lowest BCUT2D eigenvalue weighted by atomic mass is 10.2. The van der Waals surface area contributed by atoms with Crippen LogP contribution >= 0.6 is 11.3 Å². The number of amides is 1. The lowest BCUT2D eigenvalue weighted by molar-refractivity contribution is -0.258. The topological polar surface area (TPSA) is 84.3 Å². The molecule has 0 spiro atoms. The van der Waals surface area contributed by atoms with Gasteiger partial charge in [0.05, 0.1) is 27.9 Å². The number of thiophene rings is 1. The summed E-state index contributed by atoms with van der Waals surface area (Å²) in [6, 6.07) is 1.94. The van der Waals surface area contributed by atoms with Gasteiger partial charge in [0.2, 0.25) is 0 Å². The Morgan fingerprint density at radius 1 is 1.03 bits per heavy atom. The number of Topliss-reactive ketones (excluding diaryl/α,β-unsaturated/α-hetero) is 1. The molecule has 2 aliphatic rings. The van der Waals surface area contributed by atoms with Crippen molar-refractivity contribution in [2.45, 2.75) is 18.5 Å². The minimum atomic E-state index is -5.24. The van der Waals surface area contributed by atoms with Crippen LogP contribution in [0.5, 0.6) is 0 Å². The highest BCUT2D eigenvalue weighted by atomic mass is 32.1. The fourth-order valence-electron chi connectivity index (χ4n) is 2.58. The van der Waals surface area contributed by atoms with Gasteiger partial charge in [-0.25, -0.2) is 9.69 Å². The van der Waals surface area contributed by atoms with Crippen molar-refractivity contribution in [3.63, 3.8) is 0 Å². The van der Waals surface area contributed by atoms with E-state index in [2.05, 4.69) is 9.94 Å². The highest BCUT2D eigenvalue weighted by Gasteiger charge is 2.50. The van der Waals surface area contributed by atoms with Crippen molar-refractivity contribution in [2.24, 2.45) is 0 Å². The first-order chi connectivity index (χ1) is 13.4. The normalized spacial score (nSPS) is 19.4. The first-order valence-corrected chi connectivity index (χ1v) is 8.58. The van der Waals surface area contributed by atoms with E-state index in [1.54, 1.807) is 0 Å². The Balaban J connectivity index is 1.69. The summed E-state index contributed by atoms with van der Waals surface area (Å²) in [5, 5.41) is 3.95.